The van der Waals surface area contributed by atoms with E-state index in [0.29, 0.717) is 6.42 Å². The van der Waals surface area contributed by atoms with Crippen molar-refractivity contribution < 1.29 is 14.3 Å². The number of rotatable bonds is 7. The highest BCUT2D eigenvalue weighted by molar-refractivity contribution is 6.82. The molecular weight excluding hydrogens is 260 g/mol. The number of carboxylic acids is 1. The fraction of sp³-hybridized carbons (Fsp3) is 0.923. The van der Waals surface area contributed by atoms with Crippen molar-refractivity contribution in [3.8, 4) is 0 Å². The average Bonchev–Trinajstić information content (AvgIpc) is 2.13. The van der Waals surface area contributed by atoms with Crippen molar-refractivity contribution >= 4 is 22.4 Å². The second kappa shape index (κ2) is 5.88. The Morgan fingerprint density at radius 3 is 1.78 bits per heavy atom. The van der Waals surface area contributed by atoms with E-state index in [2.05, 4.69) is 39.3 Å². The van der Waals surface area contributed by atoms with E-state index >= 15 is 0 Å². The van der Waals surface area contributed by atoms with Crippen LogP contribution in [0.4, 0.5) is 0 Å². The van der Waals surface area contributed by atoms with Crippen LogP contribution < -0.4 is 5.11 Å². The Morgan fingerprint density at radius 2 is 1.61 bits per heavy atom. The number of carbonyl (C=O) groups excluding carboxylic acids is 1. The van der Waals surface area contributed by atoms with Crippen molar-refractivity contribution in [2.24, 2.45) is 0 Å². The van der Waals surface area contributed by atoms with Crippen LogP contribution in [0.1, 0.15) is 26.7 Å². The maximum absolute atomic E-state index is 11.8. The van der Waals surface area contributed by atoms with Gasteiger partial charge in [0.15, 0.2) is 8.32 Å². The molecule has 3 nitrogen and oxygen atoms in total. The monoisotopic (exact) mass is 289 g/mol. The van der Waals surface area contributed by atoms with E-state index in [0.717, 1.165) is 6.42 Å². The number of carbonyl (C=O) groups is 1. The van der Waals surface area contributed by atoms with Crippen LogP contribution in [0.15, 0.2) is 0 Å². The molecule has 0 rings (SSSR count). The molecule has 0 aromatic carbocycles. The molecule has 108 valence electrons. The molecule has 0 N–H and O–H groups in total. The third-order valence-electron chi connectivity index (χ3n) is 3.68. The van der Waals surface area contributed by atoms with Gasteiger partial charge in [0.1, 0.15) is 0 Å². The molecule has 0 radical (unpaired) electrons. The van der Waals surface area contributed by atoms with E-state index in [4.69, 9.17) is 4.43 Å². The van der Waals surface area contributed by atoms with Crippen molar-refractivity contribution in [2.45, 2.75) is 77.1 Å². The number of carboxylic acid groups (broad SMARTS) is 1. The van der Waals surface area contributed by atoms with E-state index in [-0.39, 0.29) is 6.10 Å². The van der Waals surface area contributed by atoms with Gasteiger partial charge in [0, 0.05) is 11.0 Å². The van der Waals surface area contributed by atoms with E-state index in [1.54, 1.807) is 0 Å². The van der Waals surface area contributed by atoms with E-state index in [1.807, 2.05) is 13.8 Å². The molecule has 5 heteroatoms. The van der Waals surface area contributed by atoms with Gasteiger partial charge >= 0.3 is 0 Å². The van der Waals surface area contributed by atoms with Crippen LogP contribution in [0.3, 0.4) is 0 Å². The van der Waals surface area contributed by atoms with Crippen molar-refractivity contribution in [1.82, 2.24) is 0 Å². The summed E-state index contributed by atoms with van der Waals surface area (Å²) in [5.74, 6) is -0.922. The van der Waals surface area contributed by atoms with Crippen molar-refractivity contribution in [3.05, 3.63) is 0 Å². The van der Waals surface area contributed by atoms with Crippen LogP contribution in [0.2, 0.25) is 44.3 Å². The van der Waals surface area contributed by atoms with Crippen LogP contribution in [-0.4, -0.2) is 28.5 Å². The minimum atomic E-state index is -1.95. The molecule has 0 aromatic heterocycles. The lowest BCUT2D eigenvalue weighted by Crippen LogP contribution is -2.59. The van der Waals surface area contributed by atoms with Gasteiger partial charge in [0.05, 0.1) is 14.2 Å². The number of hydrogen-bond acceptors (Lipinski definition) is 3. The standard InChI is InChI=1S/C13H30O3Si2/c1-9-11(16-18(6,7)8)13(10-2,12(14)15)17(3,4)5/h11H,9-10H2,1-8H3,(H,14,15)/p-1. The molecule has 0 saturated carbocycles. The summed E-state index contributed by atoms with van der Waals surface area (Å²) in [5.41, 5.74) is 0. The fourth-order valence-electron chi connectivity index (χ4n) is 2.78. The summed E-state index contributed by atoms with van der Waals surface area (Å²) in [7, 11) is -3.71. The van der Waals surface area contributed by atoms with Crippen LogP contribution in [0.25, 0.3) is 0 Å². The van der Waals surface area contributed by atoms with Gasteiger partial charge in [-0.15, -0.1) is 0 Å². The molecule has 0 aliphatic rings. The van der Waals surface area contributed by atoms with E-state index < -0.39 is 27.4 Å². The molecule has 0 saturated heterocycles. The Balaban J connectivity index is 5.61. The molecule has 0 amide bonds. The van der Waals surface area contributed by atoms with Gasteiger partial charge in [-0.2, -0.15) is 0 Å². The maximum atomic E-state index is 11.8. The van der Waals surface area contributed by atoms with Crippen LogP contribution in [0, 0.1) is 0 Å². The summed E-state index contributed by atoms with van der Waals surface area (Å²) >= 11 is 0. The topological polar surface area (TPSA) is 49.4 Å². The number of aliphatic carboxylic acids is 1. The minimum absolute atomic E-state index is 0.217. The van der Waals surface area contributed by atoms with Crippen molar-refractivity contribution in [3.63, 3.8) is 0 Å². The smallest absolute Gasteiger partial charge is 0.184 e. The second-order valence-electron chi connectivity index (χ2n) is 6.99. The summed E-state index contributed by atoms with van der Waals surface area (Å²) in [4.78, 5) is 11.8. The first-order chi connectivity index (χ1) is 7.92. The average molecular weight is 290 g/mol. The van der Waals surface area contributed by atoms with Gasteiger partial charge in [-0.3, -0.25) is 0 Å². The van der Waals surface area contributed by atoms with E-state index in [9.17, 15) is 9.90 Å². The SMILES string of the molecule is CCC(O[Si](C)(C)C)C(CC)(C(=O)[O-])[Si](C)(C)C. The maximum Gasteiger partial charge on any atom is 0.184 e. The quantitative estimate of drug-likeness (QED) is 0.677. The Bertz CT molecular complexity index is 292. The molecule has 0 aromatic rings. The molecule has 0 spiro atoms. The summed E-state index contributed by atoms with van der Waals surface area (Å²) in [6.45, 7) is 16.6. The predicted octanol–water partition coefficient (Wildman–Crippen LogP) is 2.86. The number of hydrogen-bond donors (Lipinski definition) is 0. The van der Waals surface area contributed by atoms with Gasteiger partial charge in [-0.1, -0.05) is 33.5 Å². The molecule has 0 bridgehead atoms. The lowest BCUT2D eigenvalue weighted by atomic mass is 9.96. The van der Waals surface area contributed by atoms with Gasteiger partial charge in [-0.05, 0) is 32.5 Å². The summed E-state index contributed by atoms with van der Waals surface area (Å²) in [5, 5.41) is 11.1. The fourth-order valence-corrected chi connectivity index (χ4v) is 7.02. The Hall–Kier alpha value is -0.136. The van der Waals surface area contributed by atoms with Gasteiger partial charge < -0.3 is 14.3 Å². The van der Waals surface area contributed by atoms with Crippen LogP contribution in [0.5, 0.6) is 0 Å². The van der Waals surface area contributed by atoms with Gasteiger partial charge in [-0.25, -0.2) is 0 Å². The molecular formula is C13H29O3Si2-. The highest BCUT2D eigenvalue weighted by atomic mass is 28.4. The van der Waals surface area contributed by atoms with Gasteiger partial charge in [0.25, 0.3) is 0 Å². The lowest BCUT2D eigenvalue weighted by molar-refractivity contribution is -0.313. The highest BCUT2D eigenvalue weighted by Crippen LogP contribution is 2.47. The highest BCUT2D eigenvalue weighted by Gasteiger charge is 2.50. The first-order valence-electron chi connectivity index (χ1n) is 6.81. The summed E-state index contributed by atoms with van der Waals surface area (Å²) in [6.07, 6.45) is 1.11. The normalized spacial score (nSPS) is 18.2. The van der Waals surface area contributed by atoms with Gasteiger partial charge in [0.2, 0.25) is 0 Å². The molecule has 2 atom stereocenters. The zero-order valence-electron chi connectivity index (χ0n) is 13.2. The molecule has 18 heavy (non-hydrogen) atoms. The minimum Gasteiger partial charge on any atom is -0.550 e. The largest absolute Gasteiger partial charge is 0.550 e. The third-order valence-corrected chi connectivity index (χ3v) is 8.22. The molecule has 0 aliphatic heterocycles. The second-order valence-corrected chi connectivity index (χ2v) is 16.8. The summed E-state index contributed by atoms with van der Waals surface area (Å²) in [6, 6.07) is 0. The van der Waals surface area contributed by atoms with Crippen LogP contribution in [-0.2, 0) is 9.22 Å². The molecule has 2 unspecified atom stereocenters. The zero-order valence-corrected chi connectivity index (χ0v) is 15.2. The molecule has 0 heterocycles. The van der Waals surface area contributed by atoms with Crippen LogP contribution >= 0.6 is 0 Å². The first-order valence-corrected chi connectivity index (χ1v) is 13.7. The first kappa shape index (κ1) is 17.9. The molecule has 0 fully saturated rings. The van der Waals surface area contributed by atoms with Crippen molar-refractivity contribution in [1.29, 1.82) is 0 Å². The van der Waals surface area contributed by atoms with E-state index in [1.165, 1.54) is 0 Å². The molecule has 0 aliphatic carbocycles. The zero-order chi connectivity index (χ0) is 14.8. The van der Waals surface area contributed by atoms with Crippen molar-refractivity contribution in [2.75, 3.05) is 0 Å². The summed E-state index contributed by atoms with van der Waals surface area (Å²) < 4.78 is 6.18. The Morgan fingerprint density at radius 1 is 1.17 bits per heavy atom. The predicted molar refractivity (Wildman–Crippen MR) is 79.8 cm³/mol. The Kier molecular flexibility index (Phi) is 5.84. The lowest BCUT2D eigenvalue weighted by Gasteiger charge is -2.50. The Labute approximate surface area is 114 Å². The third kappa shape index (κ3) is 3.68.